The maximum absolute atomic E-state index is 5.61. The molecule has 0 aliphatic carbocycles. The lowest BCUT2D eigenvalue weighted by molar-refractivity contribution is 0.469. The molecule has 0 radical (unpaired) electrons. The Hall–Kier alpha value is -1.33. The first kappa shape index (κ1) is 11.2. The van der Waals surface area contributed by atoms with E-state index in [4.69, 9.17) is 4.42 Å². The Morgan fingerprint density at radius 1 is 1.31 bits per heavy atom. The van der Waals surface area contributed by atoms with Crippen LogP contribution >= 0.6 is 11.8 Å². The molecule has 0 saturated heterocycles. The van der Waals surface area contributed by atoms with E-state index in [2.05, 4.69) is 15.3 Å². The first-order valence-electron chi connectivity index (χ1n) is 4.99. The smallest absolute Gasteiger partial charge is 0.117 e. The lowest BCUT2D eigenvalue weighted by Gasteiger charge is -1.97. The van der Waals surface area contributed by atoms with Gasteiger partial charge in [-0.15, -0.1) is 0 Å². The third kappa shape index (κ3) is 3.08. The van der Waals surface area contributed by atoms with Gasteiger partial charge in [-0.05, 0) is 19.2 Å². The molecule has 0 unspecified atom stereocenters. The van der Waals surface area contributed by atoms with Gasteiger partial charge < -0.3 is 9.73 Å². The zero-order valence-electron chi connectivity index (χ0n) is 9.01. The molecule has 0 spiro atoms. The van der Waals surface area contributed by atoms with Crippen molar-refractivity contribution in [3.05, 3.63) is 42.2 Å². The normalized spacial score (nSPS) is 10.6. The number of furan rings is 1. The molecule has 84 valence electrons. The van der Waals surface area contributed by atoms with Crippen molar-refractivity contribution in [2.75, 3.05) is 7.05 Å². The molecule has 4 nitrogen and oxygen atoms in total. The van der Waals surface area contributed by atoms with Crippen LogP contribution in [0.3, 0.4) is 0 Å². The van der Waals surface area contributed by atoms with Gasteiger partial charge in [0.05, 0.1) is 18.5 Å². The van der Waals surface area contributed by atoms with Crippen LogP contribution in [0, 0.1) is 0 Å². The minimum absolute atomic E-state index is 0.760. The first-order chi connectivity index (χ1) is 7.88. The van der Waals surface area contributed by atoms with Crippen molar-refractivity contribution in [1.29, 1.82) is 0 Å². The van der Waals surface area contributed by atoms with Gasteiger partial charge in [0.1, 0.15) is 16.5 Å². The second kappa shape index (κ2) is 5.67. The minimum atomic E-state index is 0.760. The van der Waals surface area contributed by atoms with Gasteiger partial charge >= 0.3 is 0 Å². The molecule has 0 amide bonds. The van der Waals surface area contributed by atoms with Crippen LogP contribution in [-0.2, 0) is 12.3 Å². The monoisotopic (exact) mass is 235 g/mol. The largest absolute Gasteiger partial charge is 0.464 e. The Balaban J connectivity index is 1.89. The summed E-state index contributed by atoms with van der Waals surface area (Å²) < 4.78 is 5.61. The molecule has 2 aromatic rings. The van der Waals surface area contributed by atoms with E-state index in [-0.39, 0.29) is 0 Å². The van der Waals surface area contributed by atoms with Crippen molar-refractivity contribution < 1.29 is 4.42 Å². The molecule has 0 aliphatic rings. The molecule has 1 N–H and O–H groups in total. The van der Waals surface area contributed by atoms with Crippen molar-refractivity contribution in [1.82, 2.24) is 15.3 Å². The molecule has 0 aliphatic heterocycles. The van der Waals surface area contributed by atoms with Gasteiger partial charge in [-0.2, -0.15) is 0 Å². The van der Waals surface area contributed by atoms with Gasteiger partial charge in [0.25, 0.3) is 0 Å². The standard InChI is InChI=1S/C11H13N3OS/c1-12-6-9-2-3-10(15-9)8-16-11-7-13-4-5-14-11/h2-5,7,12H,6,8H2,1H3. The highest BCUT2D eigenvalue weighted by Crippen LogP contribution is 2.20. The fraction of sp³-hybridized carbons (Fsp3) is 0.273. The summed E-state index contributed by atoms with van der Waals surface area (Å²) in [5.74, 6) is 2.70. The fourth-order valence-electron chi connectivity index (χ4n) is 1.27. The van der Waals surface area contributed by atoms with Crippen LogP contribution < -0.4 is 5.32 Å². The Bertz CT molecular complexity index is 430. The summed E-state index contributed by atoms with van der Waals surface area (Å²) >= 11 is 1.62. The molecule has 0 aromatic carbocycles. The SMILES string of the molecule is CNCc1ccc(CSc2cnccn2)o1. The van der Waals surface area contributed by atoms with E-state index in [1.165, 1.54) is 0 Å². The Morgan fingerprint density at radius 3 is 2.94 bits per heavy atom. The van der Waals surface area contributed by atoms with Crippen LogP contribution in [0.1, 0.15) is 11.5 Å². The molecule has 0 fully saturated rings. The Labute approximate surface area is 98.5 Å². The highest BCUT2D eigenvalue weighted by atomic mass is 32.2. The second-order valence-corrected chi connectivity index (χ2v) is 4.23. The molecule has 2 rings (SSSR count). The highest BCUT2D eigenvalue weighted by Gasteiger charge is 2.02. The summed E-state index contributed by atoms with van der Waals surface area (Å²) in [5.41, 5.74) is 0. The highest BCUT2D eigenvalue weighted by molar-refractivity contribution is 7.98. The number of hydrogen-bond donors (Lipinski definition) is 1. The lowest BCUT2D eigenvalue weighted by Crippen LogP contribution is -2.03. The van der Waals surface area contributed by atoms with Gasteiger partial charge in [0.2, 0.25) is 0 Å². The van der Waals surface area contributed by atoms with E-state index in [1.54, 1.807) is 30.4 Å². The van der Waals surface area contributed by atoms with Crippen LogP contribution in [0.5, 0.6) is 0 Å². The van der Waals surface area contributed by atoms with Crippen molar-refractivity contribution in [2.45, 2.75) is 17.3 Å². The molecular formula is C11H13N3OS. The van der Waals surface area contributed by atoms with Crippen LogP contribution in [0.4, 0.5) is 0 Å². The van der Waals surface area contributed by atoms with Crippen molar-refractivity contribution in [2.24, 2.45) is 0 Å². The van der Waals surface area contributed by atoms with E-state index in [1.807, 2.05) is 19.2 Å². The zero-order valence-corrected chi connectivity index (χ0v) is 9.83. The van der Waals surface area contributed by atoms with Crippen molar-refractivity contribution >= 4 is 11.8 Å². The van der Waals surface area contributed by atoms with Gasteiger partial charge in [-0.25, -0.2) is 4.98 Å². The maximum atomic E-state index is 5.61. The minimum Gasteiger partial charge on any atom is -0.464 e. The Morgan fingerprint density at radius 2 is 2.19 bits per heavy atom. The zero-order chi connectivity index (χ0) is 11.2. The average Bonchev–Trinajstić information content (AvgIpc) is 2.76. The van der Waals surface area contributed by atoms with Crippen LogP contribution in [-0.4, -0.2) is 17.0 Å². The molecule has 0 saturated carbocycles. The first-order valence-corrected chi connectivity index (χ1v) is 5.98. The fourth-order valence-corrected chi connectivity index (χ4v) is 1.99. The van der Waals surface area contributed by atoms with Crippen LogP contribution in [0.2, 0.25) is 0 Å². The predicted molar refractivity (Wildman–Crippen MR) is 63.1 cm³/mol. The van der Waals surface area contributed by atoms with Gasteiger partial charge in [0.15, 0.2) is 0 Å². The van der Waals surface area contributed by atoms with Gasteiger partial charge in [-0.3, -0.25) is 4.98 Å². The molecule has 0 atom stereocenters. The number of hydrogen-bond acceptors (Lipinski definition) is 5. The average molecular weight is 235 g/mol. The quantitative estimate of drug-likeness (QED) is 0.804. The van der Waals surface area contributed by atoms with E-state index in [0.29, 0.717) is 0 Å². The van der Waals surface area contributed by atoms with Crippen molar-refractivity contribution in [3.63, 3.8) is 0 Å². The van der Waals surface area contributed by atoms with Gasteiger partial charge in [-0.1, -0.05) is 11.8 Å². The number of aromatic nitrogens is 2. The third-order valence-electron chi connectivity index (χ3n) is 1.97. The predicted octanol–water partition coefficient (Wildman–Crippen LogP) is 2.08. The van der Waals surface area contributed by atoms with Crippen LogP contribution in [0.15, 0.2) is 40.2 Å². The van der Waals surface area contributed by atoms with E-state index < -0.39 is 0 Å². The van der Waals surface area contributed by atoms with Crippen LogP contribution in [0.25, 0.3) is 0 Å². The van der Waals surface area contributed by atoms with Gasteiger partial charge in [0, 0.05) is 12.4 Å². The topological polar surface area (TPSA) is 51.0 Å². The number of nitrogens with zero attached hydrogens (tertiary/aromatic N) is 2. The maximum Gasteiger partial charge on any atom is 0.117 e. The molecular weight excluding hydrogens is 222 g/mol. The molecule has 16 heavy (non-hydrogen) atoms. The number of thioether (sulfide) groups is 1. The summed E-state index contributed by atoms with van der Waals surface area (Å²) in [4.78, 5) is 8.19. The van der Waals surface area contributed by atoms with E-state index in [0.717, 1.165) is 28.8 Å². The summed E-state index contributed by atoms with van der Waals surface area (Å²) in [5, 5.41) is 3.96. The summed E-state index contributed by atoms with van der Waals surface area (Å²) in [6.07, 6.45) is 5.11. The summed E-state index contributed by atoms with van der Waals surface area (Å²) in [6.45, 7) is 0.760. The molecule has 2 heterocycles. The molecule has 5 heteroatoms. The third-order valence-corrected chi connectivity index (χ3v) is 2.91. The molecule has 0 bridgehead atoms. The molecule has 2 aromatic heterocycles. The Kier molecular flexibility index (Phi) is 3.96. The summed E-state index contributed by atoms with van der Waals surface area (Å²) in [6, 6.07) is 3.99. The number of rotatable bonds is 5. The second-order valence-electron chi connectivity index (χ2n) is 3.23. The van der Waals surface area contributed by atoms with E-state index in [9.17, 15) is 0 Å². The van der Waals surface area contributed by atoms with E-state index >= 15 is 0 Å². The summed E-state index contributed by atoms with van der Waals surface area (Å²) in [7, 11) is 1.90. The lowest BCUT2D eigenvalue weighted by atomic mass is 10.4. The van der Waals surface area contributed by atoms with Crippen molar-refractivity contribution in [3.8, 4) is 0 Å². The number of nitrogens with one attached hydrogen (secondary N) is 1.